The van der Waals surface area contributed by atoms with Crippen molar-refractivity contribution in [2.24, 2.45) is 0 Å². The summed E-state index contributed by atoms with van der Waals surface area (Å²) in [5.41, 5.74) is 0. The Morgan fingerprint density at radius 3 is 1.80 bits per heavy atom. The standard InChI is InChI=1S/C7H13BO2/c1-9-6-3-5(8)4-7(6)10-2/h5-7H,3-4H2,1-2H3/t6-,7-/m0/s1. The van der Waals surface area contributed by atoms with Crippen LogP contribution in [0.2, 0.25) is 5.82 Å². The van der Waals surface area contributed by atoms with Crippen LogP contribution in [-0.2, 0) is 9.47 Å². The van der Waals surface area contributed by atoms with Gasteiger partial charge in [-0.1, -0.05) is 5.82 Å². The second-order valence-corrected chi connectivity index (χ2v) is 2.78. The van der Waals surface area contributed by atoms with E-state index in [0.29, 0.717) is 0 Å². The Balaban J connectivity index is 2.41. The highest BCUT2D eigenvalue weighted by atomic mass is 16.5. The molecule has 1 aliphatic rings. The van der Waals surface area contributed by atoms with Crippen LogP contribution in [0.1, 0.15) is 12.8 Å². The molecule has 2 radical (unpaired) electrons. The first-order chi connectivity index (χ1) is 4.77. The molecule has 0 heterocycles. The third-order valence-electron chi connectivity index (χ3n) is 2.09. The number of rotatable bonds is 2. The van der Waals surface area contributed by atoms with Gasteiger partial charge in [-0.2, -0.15) is 0 Å². The van der Waals surface area contributed by atoms with Crippen LogP contribution in [0.4, 0.5) is 0 Å². The van der Waals surface area contributed by atoms with Gasteiger partial charge in [0.2, 0.25) is 0 Å². The topological polar surface area (TPSA) is 18.5 Å². The van der Waals surface area contributed by atoms with E-state index in [0.717, 1.165) is 12.8 Å². The Morgan fingerprint density at radius 2 is 1.50 bits per heavy atom. The molecule has 0 bridgehead atoms. The molecule has 0 aromatic rings. The fourth-order valence-corrected chi connectivity index (χ4v) is 1.49. The van der Waals surface area contributed by atoms with Gasteiger partial charge in [-0.15, -0.1) is 0 Å². The van der Waals surface area contributed by atoms with Gasteiger partial charge in [0.25, 0.3) is 0 Å². The van der Waals surface area contributed by atoms with E-state index in [1.807, 2.05) is 0 Å². The smallest absolute Gasteiger partial charge is 0.0828 e. The van der Waals surface area contributed by atoms with Crippen LogP contribution < -0.4 is 0 Å². The van der Waals surface area contributed by atoms with E-state index in [-0.39, 0.29) is 18.0 Å². The summed E-state index contributed by atoms with van der Waals surface area (Å²) in [6.45, 7) is 0. The number of ether oxygens (including phenoxy) is 2. The van der Waals surface area contributed by atoms with Crippen molar-refractivity contribution in [3.8, 4) is 0 Å². The van der Waals surface area contributed by atoms with E-state index in [9.17, 15) is 0 Å². The Kier molecular flexibility index (Phi) is 2.75. The molecule has 3 heteroatoms. The normalized spacial score (nSPS) is 35.0. The SMILES string of the molecule is [B]C1C[C@H](OC)[C@@H](OC)C1. The molecular weight excluding hydrogens is 127 g/mol. The first-order valence-corrected chi connectivity index (χ1v) is 3.59. The van der Waals surface area contributed by atoms with Crippen LogP contribution in [0.15, 0.2) is 0 Å². The summed E-state index contributed by atoms with van der Waals surface area (Å²) in [5, 5.41) is 0. The van der Waals surface area contributed by atoms with Crippen molar-refractivity contribution in [1.82, 2.24) is 0 Å². The monoisotopic (exact) mass is 140 g/mol. The summed E-state index contributed by atoms with van der Waals surface area (Å²) in [5.74, 6) is 0.259. The zero-order chi connectivity index (χ0) is 7.56. The Hall–Kier alpha value is -0.0151. The van der Waals surface area contributed by atoms with Crippen LogP contribution >= 0.6 is 0 Å². The highest BCUT2D eigenvalue weighted by Crippen LogP contribution is 2.31. The lowest BCUT2D eigenvalue weighted by molar-refractivity contribution is -0.0157. The van der Waals surface area contributed by atoms with Crippen molar-refractivity contribution < 1.29 is 9.47 Å². The molecule has 0 aromatic heterocycles. The molecule has 0 N–H and O–H groups in total. The minimum atomic E-state index is 0.208. The average molecular weight is 140 g/mol. The molecule has 0 saturated heterocycles. The zero-order valence-electron chi connectivity index (χ0n) is 6.54. The summed E-state index contributed by atoms with van der Waals surface area (Å²) in [6, 6.07) is 0. The summed E-state index contributed by atoms with van der Waals surface area (Å²) in [6.07, 6.45) is 2.27. The molecule has 1 saturated carbocycles. The van der Waals surface area contributed by atoms with Gasteiger partial charge in [0, 0.05) is 14.2 Å². The van der Waals surface area contributed by atoms with E-state index >= 15 is 0 Å². The minimum Gasteiger partial charge on any atom is -0.379 e. The van der Waals surface area contributed by atoms with Gasteiger partial charge in [-0.25, -0.2) is 0 Å². The van der Waals surface area contributed by atoms with E-state index < -0.39 is 0 Å². The maximum absolute atomic E-state index is 5.71. The molecule has 2 nitrogen and oxygen atoms in total. The average Bonchev–Trinajstić information content (AvgIpc) is 2.30. The van der Waals surface area contributed by atoms with Gasteiger partial charge in [0.1, 0.15) is 0 Å². The van der Waals surface area contributed by atoms with E-state index in [1.54, 1.807) is 14.2 Å². The van der Waals surface area contributed by atoms with Crippen molar-refractivity contribution in [3.05, 3.63) is 0 Å². The minimum absolute atomic E-state index is 0.208. The lowest BCUT2D eigenvalue weighted by atomic mass is 9.86. The fourth-order valence-electron chi connectivity index (χ4n) is 1.49. The summed E-state index contributed by atoms with van der Waals surface area (Å²) in [4.78, 5) is 0. The molecular formula is C7H13BO2. The van der Waals surface area contributed by atoms with E-state index in [1.165, 1.54) is 0 Å². The van der Waals surface area contributed by atoms with Crippen molar-refractivity contribution >= 4 is 7.85 Å². The largest absolute Gasteiger partial charge is 0.379 e. The van der Waals surface area contributed by atoms with Crippen molar-refractivity contribution in [3.63, 3.8) is 0 Å². The van der Waals surface area contributed by atoms with Gasteiger partial charge >= 0.3 is 0 Å². The van der Waals surface area contributed by atoms with E-state index in [2.05, 4.69) is 0 Å². The highest BCUT2D eigenvalue weighted by Gasteiger charge is 2.31. The Morgan fingerprint density at radius 1 is 1.10 bits per heavy atom. The van der Waals surface area contributed by atoms with Crippen LogP contribution in [0.3, 0.4) is 0 Å². The molecule has 0 spiro atoms. The summed E-state index contributed by atoms with van der Waals surface area (Å²) in [7, 11) is 9.11. The quantitative estimate of drug-likeness (QED) is 0.527. The Bertz CT molecular complexity index is 95.8. The first-order valence-electron chi connectivity index (χ1n) is 3.59. The highest BCUT2D eigenvalue weighted by molar-refractivity contribution is 6.11. The molecule has 0 amide bonds. The van der Waals surface area contributed by atoms with Gasteiger partial charge in [0.05, 0.1) is 20.1 Å². The molecule has 0 unspecified atom stereocenters. The van der Waals surface area contributed by atoms with Gasteiger partial charge < -0.3 is 9.47 Å². The van der Waals surface area contributed by atoms with Crippen LogP contribution in [-0.4, -0.2) is 34.3 Å². The van der Waals surface area contributed by atoms with E-state index in [4.69, 9.17) is 17.3 Å². The number of hydrogen-bond donors (Lipinski definition) is 0. The Labute approximate surface area is 63.3 Å². The van der Waals surface area contributed by atoms with Crippen molar-refractivity contribution in [1.29, 1.82) is 0 Å². The maximum atomic E-state index is 5.71. The molecule has 1 fully saturated rings. The van der Waals surface area contributed by atoms with Gasteiger partial charge in [-0.3, -0.25) is 0 Å². The third kappa shape index (κ3) is 1.52. The summed E-state index contributed by atoms with van der Waals surface area (Å²) < 4.78 is 10.4. The van der Waals surface area contributed by atoms with Crippen LogP contribution in [0.5, 0.6) is 0 Å². The van der Waals surface area contributed by atoms with Crippen LogP contribution in [0, 0.1) is 0 Å². The maximum Gasteiger partial charge on any atom is 0.0828 e. The lowest BCUT2D eigenvalue weighted by Crippen LogP contribution is -2.23. The second-order valence-electron chi connectivity index (χ2n) is 2.78. The number of hydrogen-bond acceptors (Lipinski definition) is 2. The summed E-state index contributed by atoms with van der Waals surface area (Å²) >= 11 is 0. The lowest BCUT2D eigenvalue weighted by Gasteiger charge is -2.15. The molecule has 0 aromatic carbocycles. The molecule has 0 aliphatic heterocycles. The second kappa shape index (κ2) is 3.40. The first kappa shape index (κ1) is 8.09. The van der Waals surface area contributed by atoms with Gasteiger partial charge in [-0.05, 0) is 12.8 Å². The van der Waals surface area contributed by atoms with Gasteiger partial charge in [0.15, 0.2) is 0 Å². The van der Waals surface area contributed by atoms with Crippen molar-refractivity contribution in [2.75, 3.05) is 14.2 Å². The predicted octanol–water partition coefficient (Wildman–Crippen LogP) is 0.767. The van der Waals surface area contributed by atoms with Crippen molar-refractivity contribution in [2.45, 2.75) is 30.9 Å². The number of methoxy groups -OCH3 is 2. The predicted molar refractivity (Wildman–Crippen MR) is 40.3 cm³/mol. The molecule has 1 aliphatic carbocycles. The molecule has 56 valence electrons. The zero-order valence-corrected chi connectivity index (χ0v) is 6.54. The third-order valence-corrected chi connectivity index (χ3v) is 2.09. The molecule has 2 atom stereocenters. The molecule has 1 rings (SSSR count). The molecule has 10 heavy (non-hydrogen) atoms. The van der Waals surface area contributed by atoms with Crippen LogP contribution in [0.25, 0.3) is 0 Å². The fraction of sp³-hybridized carbons (Fsp3) is 1.00.